The maximum Gasteiger partial charge on any atom is 1.00 e. The number of hydrogen-bond donors (Lipinski definition) is 1. The fourth-order valence-corrected chi connectivity index (χ4v) is 0.507. The van der Waals surface area contributed by atoms with Gasteiger partial charge >= 0.3 is 35.5 Å². The van der Waals surface area contributed by atoms with E-state index in [0.717, 1.165) is 0 Å². The van der Waals surface area contributed by atoms with Gasteiger partial charge < -0.3 is 15.0 Å². The van der Waals surface area contributed by atoms with Crippen LogP contribution in [0.3, 0.4) is 0 Å². The third-order valence-electron chi connectivity index (χ3n) is 1.24. The van der Waals surface area contributed by atoms with Crippen LogP contribution in [0.5, 0.6) is 0 Å². The van der Waals surface area contributed by atoms with Crippen molar-refractivity contribution in [2.75, 3.05) is 0 Å². The van der Waals surface area contributed by atoms with Crippen LogP contribution < -0.4 is 34.7 Å². The van der Waals surface area contributed by atoms with Crippen LogP contribution in [0, 0.1) is 5.92 Å². The molecule has 0 fully saturated rings. The van der Waals surface area contributed by atoms with Gasteiger partial charge in [-0.2, -0.15) is 0 Å². The largest absolute Gasteiger partial charge is 1.00 e. The van der Waals surface area contributed by atoms with Crippen molar-refractivity contribution >= 4 is 11.9 Å². The average molecular weight is 186 g/mol. The number of carboxylic acids is 2. The van der Waals surface area contributed by atoms with Gasteiger partial charge in [-0.15, -0.1) is 0 Å². The van der Waals surface area contributed by atoms with Gasteiger partial charge in [0.1, 0.15) is 6.17 Å². The van der Waals surface area contributed by atoms with Gasteiger partial charge in [0.05, 0.1) is 11.9 Å². The first-order chi connectivity index (χ1) is 4.95. The quantitative estimate of drug-likeness (QED) is 0.456. The Kier molecular flexibility index (Phi) is 7.67. The predicted octanol–water partition coefficient (Wildman–Crippen LogP) is -3.81. The number of alkyl halides is 1. The van der Waals surface area contributed by atoms with Crippen molar-refractivity contribution in [1.82, 2.24) is 0 Å². The molecule has 0 aromatic carbocycles. The fourth-order valence-electron chi connectivity index (χ4n) is 0.507. The Morgan fingerprint density at radius 1 is 1.58 bits per heavy atom. The molecule has 4 nitrogen and oxygen atoms in total. The Hall–Kier alpha value is -0.130. The summed E-state index contributed by atoms with van der Waals surface area (Å²) in [6.45, 7) is 1.23. The molecule has 0 heterocycles. The normalized spacial score (nSPS) is 14.2. The molecule has 6 heteroatoms. The monoisotopic (exact) mass is 186 g/mol. The molecule has 0 amide bonds. The molecule has 0 saturated heterocycles. The fraction of sp³-hybridized carbons (Fsp3) is 0.667. The molecule has 0 bridgehead atoms. The number of hydrogen-bond acceptors (Lipinski definition) is 3. The second-order valence-corrected chi connectivity index (χ2v) is 2.26. The molecule has 0 aromatic heterocycles. The molecule has 64 valence electrons. The van der Waals surface area contributed by atoms with Gasteiger partial charge in [-0.05, 0) is 6.42 Å². The van der Waals surface area contributed by atoms with E-state index in [1.54, 1.807) is 0 Å². The maximum atomic E-state index is 12.2. The first-order valence-electron chi connectivity index (χ1n) is 3.03. The smallest absolute Gasteiger partial charge is 0.547 e. The summed E-state index contributed by atoms with van der Waals surface area (Å²) in [4.78, 5) is 19.9. The summed E-state index contributed by atoms with van der Waals surface area (Å²) in [6.07, 6.45) is -2.74. The minimum atomic E-state index is -2.19. The molecule has 0 aliphatic heterocycles. The summed E-state index contributed by atoms with van der Waals surface area (Å²) in [7, 11) is 0. The number of aliphatic carboxylic acids is 2. The Balaban J connectivity index is 0. The molecular formula is C6H8FNaO4. The van der Waals surface area contributed by atoms with Crippen molar-refractivity contribution in [3.8, 4) is 0 Å². The second kappa shape index (κ2) is 6.39. The minimum Gasteiger partial charge on any atom is -0.547 e. The van der Waals surface area contributed by atoms with Crippen LogP contribution in [0.2, 0.25) is 0 Å². The Morgan fingerprint density at radius 3 is 2.25 bits per heavy atom. The van der Waals surface area contributed by atoms with Crippen LogP contribution >= 0.6 is 0 Å². The molecule has 0 spiro atoms. The van der Waals surface area contributed by atoms with Crippen molar-refractivity contribution < 1.29 is 53.7 Å². The molecule has 0 rings (SSSR count). The third kappa shape index (κ3) is 5.51. The van der Waals surface area contributed by atoms with Gasteiger partial charge in [0.15, 0.2) is 0 Å². The van der Waals surface area contributed by atoms with Crippen LogP contribution in [0.1, 0.15) is 13.3 Å². The minimum absolute atomic E-state index is 0. The topological polar surface area (TPSA) is 77.4 Å². The summed E-state index contributed by atoms with van der Waals surface area (Å²) in [6, 6.07) is 0. The number of carbonyl (C=O) groups is 2. The van der Waals surface area contributed by atoms with E-state index in [1.807, 2.05) is 0 Å². The first-order valence-corrected chi connectivity index (χ1v) is 3.03. The Morgan fingerprint density at radius 2 is 2.00 bits per heavy atom. The molecule has 0 aromatic rings. The van der Waals surface area contributed by atoms with Crippen LogP contribution in [-0.2, 0) is 9.59 Å². The Bertz CT molecular complexity index is 155. The van der Waals surface area contributed by atoms with Crippen LogP contribution in [-0.4, -0.2) is 23.2 Å². The van der Waals surface area contributed by atoms with E-state index >= 15 is 0 Å². The van der Waals surface area contributed by atoms with Crippen LogP contribution in [0.15, 0.2) is 0 Å². The molecule has 1 N–H and O–H groups in total. The maximum absolute atomic E-state index is 12.2. The zero-order chi connectivity index (χ0) is 9.02. The van der Waals surface area contributed by atoms with Gasteiger partial charge in [0.25, 0.3) is 0 Å². The number of rotatable bonds is 4. The molecule has 0 aliphatic rings. The molecule has 2 atom stereocenters. The first kappa shape index (κ1) is 14.4. The summed E-state index contributed by atoms with van der Waals surface area (Å²) in [5.74, 6) is -4.07. The van der Waals surface area contributed by atoms with Crippen molar-refractivity contribution in [1.29, 1.82) is 0 Å². The molecule has 2 unspecified atom stereocenters. The van der Waals surface area contributed by atoms with Gasteiger partial charge in [-0.3, -0.25) is 4.79 Å². The molecule has 0 aliphatic carbocycles. The van der Waals surface area contributed by atoms with Gasteiger partial charge in [-0.25, -0.2) is 4.39 Å². The van der Waals surface area contributed by atoms with E-state index in [1.165, 1.54) is 6.92 Å². The second-order valence-electron chi connectivity index (χ2n) is 2.26. The third-order valence-corrected chi connectivity index (χ3v) is 1.24. The van der Waals surface area contributed by atoms with E-state index in [2.05, 4.69) is 0 Å². The van der Waals surface area contributed by atoms with E-state index in [4.69, 9.17) is 5.11 Å². The number of carboxylic acid groups (broad SMARTS) is 2. The zero-order valence-electron chi connectivity index (χ0n) is 6.91. The standard InChI is InChI=1S/C6H9FO4.Na/c1-3(5(8)9)2-4(7)6(10)11;/h3-4H,2H2,1H3,(H,8,9)(H,10,11);/q;+1/p-1. The van der Waals surface area contributed by atoms with Crippen molar-refractivity contribution in [2.24, 2.45) is 5.92 Å². The summed E-state index contributed by atoms with van der Waals surface area (Å²) in [5, 5.41) is 18.0. The zero-order valence-corrected chi connectivity index (χ0v) is 8.91. The number of carbonyl (C=O) groups excluding carboxylic acids is 1. The number of halogens is 1. The van der Waals surface area contributed by atoms with Gasteiger partial charge in [0, 0.05) is 0 Å². The van der Waals surface area contributed by atoms with E-state index in [0.29, 0.717) is 0 Å². The Labute approximate surface area is 91.1 Å². The summed E-state index contributed by atoms with van der Waals surface area (Å²) >= 11 is 0. The van der Waals surface area contributed by atoms with Crippen LogP contribution in [0.25, 0.3) is 0 Å². The molecule has 0 saturated carbocycles. The van der Waals surface area contributed by atoms with E-state index in [-0.39, 0.29) is 29.6 Å². The van der Waals surface area contributed by atoms with Crippen molar-refractivity contribution in [3.63, 3.8) is 0 Å². The molecular weight excluding hydrogens is 178 g/mol. The molecule has 12 heavy (non-hydrogen) atoms. The van der Waals surface area contributed by atoms with Crippen LogP contribution in [0.4, 0.5) is 4.39 Å². The molecule has 0 radical (unpaired) electrons. The summed E-state index contributed by atoms with van der Waals surface area (Å²) < 4.78 is 12.2. The van der Waals surface area contributed by atoms with E-state index < -0.39 is 30.4 Å². The van der Waals surface area contributed by atoms with Gasteiger partial charge in [0.2, 0.25) is 0 Å². The van der Waals surface area contributed by atoms with E-state index in [9.17, 15) is 19.1 Å². The van der Waals surface area contributed by atoms with Crippen molar-refractivity contribution in [2.45, 2.75) is 19.5 Å². The van der Waals surface area contributed by atoms with Crippen molar-refractivity contribution in [3.05, 3.63) is 0 Å². The predicted molar refractivity (Wildman–Crippen MR) is 31.3 cm³/mol. The SMILES string of the molecule is CC(CC(F)C(=O)[O-])C(=O)O.[Na+]. The summed E-state index contributed by atoms with van der Waals surface area (Å²) in [5.41, 5.74) is 0. The van der Waals surface area contributed by atoms with Gasteiger partial charge in [-0.1, -0.05) is 6.92 Å². The average Bonchev–Trinajstić information content (AvgIpc) is 1.87.